The predicted molar refractivity (Wildman–Crippen MR) is 86.2 cm³/mol. The molecule has 2 atom stereocenters. The summed E-state index contributed by atoms with van der Waals surface area (Å²) in [5, 5.41) is 0. The molecule has 20 heavy (non-hydrogen) atoms. The van der Waals surface area contributed by atoms with Gasteiger partial charge < -0.3 is 0 Å². The fourth-order valence-corrected chi connectivity index (χ4v) is 3.13. The Labute approximate surface area is 130 Å². The number of nitrogens with zero attached hydrogens (tertiary/aromatic N) is 2. The molecule has 4 heteroatoms. The first-order chi connectivity index (χ1) is 9.52. The van der Waals surface area contributed by atoms with Crippen LogP contribution in [0.25, 0.3) is 0 Å². The Morgan fingerprint density at radius 1 is 1.35 bits per heavy atom. The molecule has 0 aromatic heterocycles. The van der Waals surface area contributed by atoms with Gasteiger partial charge >= 0.3 is 0 Å². The van der Waals surface area contributed by atoms with E-state index in [1.165, 1.54) is 0 Å². The molecule has 1 fully saturated rings. The number of Topliss-reactive ketones (excluding diaryl/α,β-unsaturated/α-hetero) is 1. The van der Waals surface area contributed by atoms with Crippen molar-refractivity contribution in [1.29, 1.82) is 0 Å². The Hall–Kier alpha value is -0.710. The maximum absolute atomic E-state index is 12.5. The van der Waals surface area contributed by atoms with Crippen molar-refractivity contribution in [2.75, 3.05) is 26.2 Å². The minimum absolute atomic E-state index is 0.0439. The number of likely N-dealkylation sites (N-methyl/N-ethyl adjacent to an activating group) is 1. The Balaban J connectivity index is 2.02. The summed E-state index contributed by atoms with van der Waals surface area (Å²) in [6.45, 7) is 10.5. The van der Waals surface area contributed by atoms with Crippen LogP contribution in [-0.2, 0) is 0 Å². The van der Waals surface area contributed by atoms with E-state index in [-0.39, 0.29) is 11.8 Å². The van der Waals surface area contributed by atoms with Gasteiger partial charge in [0, 0.05) is 35.7 Å². The van der Waals surface area contributed by atoms with E-state index in [1.807, 2.05) is 31.2 Å². The fraction of sp³-hybridized carbons (Fsp3) is 0.562. The molecular formula is C16H23BrN2O. The Morgan fingerprint density at radius 3 is 2.55 bits per heavy atom. The number of benzene rings is 1. The third kappa shape index (κ3) is 3.48. The lowest BCUT2D eigenvalue weighted by Gasteiger charge is -2.41. The van der Waals surface area contributed by atoms with Crippen molar-refractivity contribution in [1.82, 2.24) is 9.80 Å². The first-order valence-electron chi connectivity index (χ1n) is 7.30. The van der Waals surface area contributed by atoms with Crippen molar-refractivity contribution < 1.29 is 4.79 Å². The number of carbonyl (C=O) groups is 1. The second-order valence-corrected chi connectivity index (χ2v) is 6.44. The Kier molecular flexibility index (Phi) is 5.35. The van der Waals surface area contributed by atoms with Crippen molar-refractivity contribution in [3.8, 4) is 0 Å². The molecule has 1 aromatic rings. The molecule has 1 aliphatic heterocycles. The van der Waals surface area contributed by atoms with E-state index in [9.17, 15) is 4.79 Å². The summed E-state index contributed by atoms with van der Waals surface area (Å²) in [4.78, 5) is 17.3. The summed E-state index contributed by atoms with van der Waals surface area (Å²) in [5.74, 6) is 0.217. The molecule has 0 bridgehead atoms. The van der Waals surface area contributed by atoms with Gasteiger partial charge in [-0.05, 0) is 32.5 Å². The summed E-state index contributed by atoms with van der Waals surface area (Å²) in [7, 11) is 0. The maximum Gasteiger partial charge on any atom is 0.179 e. The maximum atomic E-state index is 12.5. The third-order valence-electron chi connectivity index (χ3n) is 4.26. The first-order valence-corrected chi connectivity index (χ1v) is 8.10. The summed E-state index contributed by atoms with van der Waals surface area (Å²) < 4.78 is 1.01. The molecule has 0 aliphatic carbocycles. The zero-order valence-electron chi connectivity index (χ0n) is 12.5. The van der Waals surface area contributed by atoms with Crippen LogP contribution in [-0.4, -0.2) is 53.8 Å². The second kappa shape index (κ2) is 6.83. The van der Waals surface area contributed by atoms with E-state index in [2.05, 4.69) is 39.6 Å². The molecule has 1 aromatic carbocycles. The fourth-order valence-electron chi connectivity index (χ4n) is 2.87. The van der Waals surface area contributed by atoms with Gasteiger partial charge in [0.2, 0.25) is 0 Å². The van der Waals surface area contributed by atoms with E-state index in [0.717, 1.165) is 36.2 Å². The normalized spacial score (nSPS) is 22.7. The molecular weight excluding hydrogens is 316 g/mol. The lowest BCUT2D eigenvalue weighted by atomic mass is 10.0. The molecule has 3 nitrogen and oxygen atoms in total. The van der Waals surface area contributed by atoms with E-state index in [0.29, 0.717) is 6.04 Å². The van der Waals surface area contributed by atoms with Crippen molar-refractivity contribution in [3.05, 3.63) is 34.3 Å². The third-order valence-corrected chi connectivity index (χ3v) is 4.79. The van der Waals surface area contributed by atoms with Gasteiger partial charge in [0.05, 0.1) is 6.04 Å². The minimum atomic E-state index is -0.0439. The van der Waals surface area contributed by atoms with Crippen molar-refractivity contribution >= 4 is 21.7 Å². The molecule has 0 amide bonds. The number of hydrogen-bond donors (Lipinski definition) is 0. The summed E-state index contributed by atoms with van der Waals surface area (Å²) in [5.41, 5.74) is 0.797. The minimum Gasteiger partial charge on any atom is -0.298 e. The quantitative estimate of drug-likeness (QED) is 0.788. The highest BCUT2D eigenvalue weighted by molar-refractivity contribution is 9.10. The van der Waals surface area contributed by atoms with Gasteiger partial charge in [-0.25, -0.2) is 0 Å². The smallest absolute Gasteiger partial charge is 0.179 e. The molecule has 0 spiro atoms. The number of halogens is 1. The highest BCUT2D eigenvalue weighted by atomic mass is 79.9. The van der Waals surface area contributed by atoms with Crippen LogP contribution in [0, 0.1) is 0 Å². The Morgan fingerprint density at radius 2 is 2.00 bits per heavy atom. The highest BCUT2D eigenvalue weighted by Crippen LogP contribution is 2.17. The van der Waals surface area contributed by atoms with Gasteiger partial charge in [-0.1, -0.05) is 35.0 Å². The van der Waals surface area contributed by atoms with E-state index in [4.69, 9.17) is 0 Å². The highest BCUT2D eigenvalue weighted by Gasteiger charge is 2.29. The van der Waals surface area contributed by atoms with Crippen LogP contribution in [0.5, 0.6) is 0 Å². The van der Waals surface area contributed by atoms with Gasteiger partial charge in [-0.3, -0.25) is 14.6 Å². The van der Waals surface area contributed by atoms with E-state index in [1.54, 1.807) is 0 Å². The number of piperazine rings is 1. The molecule has 1 aliphatic rings. The van der Waals surface area contributed by atoms with Crippen molar-refractivity contribution in [3.63, 3.8) is 0 Å². The Bertz CT molecular complexity index is 460. The number of carbonyl (C=O) groups excluding carboxylic acids is 1. The summed E-state index contributed by atoms with van der Waals surface area (Å²) in [6, 6.07) is 8.13. The lowest BCUT2D eigenvalue weighted by Crippen LogP contribution is -2.55. The van der Waals surface area contributed by atoms with Gasteiger partial charge in [-0.15, -0.1) is 0 Å². The number of ketones is 1. The van der Waals surface area contributed by atoms with Gasteiger partial charge in [-0.2, -0.15) is 0 Å². The number of hydrogen-bond acceptors (Lipinski definition) is 3. The van der Waals surface area contributed by atoms with Crippen molar-refractivity contribution in [2.24, 2.45) is 0 Å². The average molecular weight is 339 g/mol. The standard InChI is InChI=1S/C16H23BrN2O/c1-4-18-9-10-19(11-12(18)2)13(3)16(20)14-5-7-15(17)8-6-14/h5-8,12-13H,4,9-11H2,1-3H3. The van der Waals surface area contributed by atoms with Crippen LogP contribution < -0.4 is 0 Å². The van der Waals surface area contributed by atoms with E-state index < -0.39 is 0 Å². The molecule has 0 saturated carbocycles. The molecule has 0 N–H and O–H groups in total. The SMILES string of the molecule is CCN1CCN(C(C)C(=O)c2ccc(Br)cc2)CC1C. The number of rotatable bonds is 4. The zero-order valence-corrected chi connectivity index (χ0v) is 14.1. The van der Waals surface area contributed by atoms with Crippen LogP contribution in [0.2, 0.25) is 0 Å². The van der Waals surface area contributed by atoms with Crippen LogP contribution in [0.1, 0.15) is 31.1 Å². The lowest BCUT2D eigenvalue weighted by molar-refractivity contribution is 0.0533. The van der Waals surface area contributed by atoms with E-state index >= 15 is 0 Å². The summed E-state index contributed by atoms with van der Waals surface area (Å²) in [6.07, 6.45) is 0. The molecule has 1 saturated heterocycles. The molecule has 2 rings (SSSR count). The summed E-state index contributed by atoms with van der Waals surface area (Å²) >= 11 is 3.40. The van der Waals surface area contributed by atoms with Crippen LogP contribution in [0.15, 0.2) is 28.7 Å². The van der Waals surface area contributed by atoms with Crippen molar-refractivity contribution in [2.45, 2.75) is 32.9 Å². The van der Waals surface area contributed by atoms with Gasteiger partial charge in [0.1, 0.15) is 0 Å². The zero-order chi connectivity index (χ0) is 14.7. The van der Waals surface area contributed by atoms with Crippen LogP contribution in [0.3, 0.4) is 0 Å². The van der Waals surface area contributed by atoms with Gasteiger partial charge in [0.15, 0.2) is 5.78 Å². The molecule has 2 unspecified atom stereocenters. The monoisotopic (exact) mass is 338 g/mol. The van der Waals surface area contributed by atoms with Crippen LogP contribution >= 0.6 is 15.9 Å². The topological polar surface area (TPSA) is 23.6 Å². The molecule has 110 valence electrons. The average Bonchev–Trinajstić information content (AvgIpc) is 2.46. The van der Waals surface area contributed by atoms with Crippen LogP contribution in [0.4, 0.5) is 0 Å². The first kappa shape index (κ1) is 15.7. The van der Waals surface area contributed by atoms with Gasteiger partial charge in [0.25, 0.3) is 0 Å². The largest absolute Gasteiger partial charge is 0.298 e. The second-order valence-electron chi connectivity index (χ2n) is 5.52. The molecule has 1 heterocycles. The predicted octanol–water partition coefficient (Wildman–Crippen LogP) is 3.05. The molecule has 0 radical (unpaired) electrons.